The highest BCUT2D eigenvalue weighted by Crippen LogP contribution is 2.65. The zero-order valence-electron chi connectivity index (χ0n) is 32.6. The van der Waals surface area contributed by atoms with E-state index in [1.165, 1.54) is 77.9 Å². The van der Waals surface area contributed by atoms with E-state index in [4.69, 9.17) is 0 Å². The van der Waals surface area contributed by atoms with Crippen molar-refractivity contribution in [3.8, 4) is 33.4 Å². The van der Waals surface area contributed by atoms with Gasteiger partial charge in [0.05, 0.1) is 10.8 Å². The Morgan fingerprint density at radius 2 is 0.902 bits per heavy atom. The average molecular weight is 1010 g/mol. The van der Waals surface area contributed by atoms with Crippen molar-refractivity contribution in [1.29, 1.82) is 0 Å². The largest absolute Gasteiger partial charge is 0.754 e. The van der Waals surface area contributed by atoms with Crippen LogP contribution in [0.4, 0.5) is 22.7 Å². The van der Waals surface area contributed by atoms with Crippen molar-refractivity contribution in [2.45, 2.75) is 21.2 Å². The van der Waals surface area contributed by atoms with Crippen molar-refractivity contribution in [2.24, 2.45) is 0 Å². The van der Waals surface area contributed by atoms with Gasteiger partial charge in [-0.1, -0.05) is 165 Å². The Labute approximate surface area is 377 Å². The molecule has 4 nitrogen and oxygen atoms in total. The molecule has 0 N–H and O–H groups in total. The van der Waals surface area contributed by atoms with Crippen LogP contribution >= 0.6 is 43.3 Å². The lowest BCUT2D eigenvalue weighted by Gasteiger charge is -2.37. The first-order valence-electron chi connectivity index (χ1n) is 20.6. The Balaban J connectivity index is 0.874. The molecule has 2 spiro atoms. The lowest BCUT2D eigenvalue weighted by molar-refractivity contribution is 0.723. The van der Waals surface area contributed by atoms with Crippen LogP contribution in [0.5, 0.6) is 0 Å². The summed E-state index contributed by atoms with van der Waals surface area (Å²) in [7, 11) is 0. The van der Waals surface area contributed by atoms with Crippen molar-refractivity contribution in [2.75, 3.05) is 10.1 Å². The first-order valence-corrected chi connectivity index (χ1v) is 24.4. The second kappa shape index (κ2) is 13.2. The molecular formula is C55H34I2N2O2-2. The van der Waals surface area contributed by atoms with E-state index in [2.05, 4.69) is 170 Å². The van der Waals surface area contributed by atoms with Gasteiger partial charge < -0.3 is 20.5 Å². The van der Waals surface area contributed by atoms with Crippen LogP contribution in [0.1, 0.15) is 39.8 Å². The standard InChI is InChI=1S/C55H34I2N2O2/c56-33-17-24-42-45-27-28-57-32-53(45)55(50(42)29-33)49-16-8-4-12-41(49)44-26-23-37(31-52(44)55)59(61)35-20-18-34(19-21-35)58(60)36-22-25-43-40-11-3-7-15-48(40)54(51(43)30-36)46-13-5-1-9-38(46)39-10-2-6-14-47(39)54/h1-28,30-33H,29H2/q-2. The molecule has 0 saturated carbocycles. The van der Waals surface area contributed by atoms with Crippen molar-refractivity contribution in [3.05, 3.63) is 246 Å². The van der Waals surface area contributed by atoms with E-state index in [1.54, 1.807) is 24.3 Å². The van der Waals surface area contributed by atoms with Gasteiger partial charge in [-0.3, -0.25) is 0 Å². The van der Waals surface area contributed by atoms with E-state index in [-0.39, 0.29) is 20.7 Å². The molecule has 0 radical (unpaired) electrons. The minimum Gasteiger partial charge on any atom is -0.754 e. The molecule has 7 aromatic carbocycles. The normalized spacial score (nSPS) is 19.8. The highest BCUT2D eigenvalue weighted by Gasteiger charge is 2.54. The quantitative estimate of drug-likeness (QED) is 0.100. The van der Waals surface area contributed by atoms with E-state index < -0.39 is 10.8 Å². The number of anilines is 4. The van der Waals surface area contributed by atoms with E-state index in [0.29, 0.717) is 26.7 Å². The summed E-state index contributed by atoms with van der Waals surface area (Å²) in [6.45, 7) is 0. The monoisotopic (exact) mass is 1010 g/mol. The first kappa shape index (κ1) is 36.0. The zero-order chi connectivity index (χ0) is 40.6. The van der Waals surface area contributed by atoms with Gasteiger partial charge in [0, 0.05) is 26.7 Å². The van der Waals surface area contributed by atoms with Crippen LogP contribution in [0.25, 0.3) is 33.4 Å². The predicted molar refractivity (Wildman–Crippen MR) is 268 cm³/mol. The second-order valence-corrected chi connectivity index (χ2v) is 20.2. The van der Waals surface area contributed by atoms with Gasteiger partial charge in [-0.05, 0) is 158 Å². The summed E-state index contributed by atoms with van der Waals surface area (Å²) >= 11 is 2.34. The van der Waals surface area contributed by atoms with Crippen molar-refractivity contribution in [3.63, 3.8) is 0 Å². The van der Waals surface area contributed by atoms with Gasteiger partial charge >= 0.3 is 0 Å². The smallest absolute Gasteiger partial charge is 0.0726 e. The Hall–Kier alpha value is -5.65. The minimum atomic E-state index is -0.536. The molecule has 6 heteroatoms. The Kier molecular flexibility index (Phi) is 7.79. The Morgan fingerprint density at radius 3 is 1.41 bits per heavy atom. The molecule has 6 aliphatic rings. The van der Waals surface area contributed by atoms with Gasteiger partial charge in [-0.25, -0.2) is 0 Å². The predicted octanol–water partition coefficient (Wildman–Crippen LogP) is 14.2. The van der Waals surface area contributed by atoms with Gasteiger partial charge in [0.25, 0.3) is 0 Å². The summed E-state index contributed by atoms with van der Waals surface area (Å²) in [6, 6.07) is 54.3. The lowest BCUT2D eigenvalue weighted by Crippen LogP contribution is -2.31. The number of benzene rings is 7. The molecule has 0 saturated heterocycles. The topological polar surface area (TPSA) is 52.6 Å². The van der Waals surface area contributed by atoms with Crippen LogP contribution < -0.4 is 10.1 Å². The van der Waals surface area contributed by atoms with Crippen molar-refractivity contribution in [1.82, 2.24) is 0 Å². The van der Waals surface area contributed by atoms with Gasteiger partial charge in [-0.15, -0.1) is 0 Å². The molecular weight excluding hydrogens is 974 g/mol. The zero-order valence-corrected chi connectivity index (χ0v) is 37.0. The summed E-state index contributed by atoms with van der Waals surface area (Å²) in [5.41, 5.74) is 21.1. The molecule has 13 rings (SSSR count). The molecule has 1 heterocycles. The number of nitrogens with zero attached hydrogens (tertiary/aromatic N) is 2. The fourth-order valence-electron chi connectivity index (χ4n) is 11.5. The minimum absolute atomic E-state index is 0.223. The number of rotatable bonds is 4. The molecule has 292 valence electrons. The van der Waals surface area contributed by atoms with Crippen LogP contribution in [-0.2, 0) is 10.8 Å². The van der Waals surface area contributed by atoms with Gasteiger partial charge in [0.1, 0.15) is 0 Å². The average Bonchev–Trinajstić information content (AvgIpc) is 3.99. The fraction of sp³-hybridized carbons (Fsp3) is 0.0727. The van der Waals surface area contributed by atoms with E-state index >= 15 is 0 Å². The molecule has 2 atom stereocenters. The highest BCUT2D eigenvalue weighted by molar-refractivity contribution is 14.2. The highest BCUT2D eigenvalue weighted by atomic mass is 127. The summed E-state index contributed by atoms with van der Waals surface area (Å²) < 4.78 is 5.27. The molecule has 0 amide bonds. The number of hydrogen-bond donors (Lipinski definition) is 0. The summed E-state index contributed by atoms with van der Waals surface area (Å²) in [5.74, 6) is 0. The first-order chi connectivity index (χ1) is 30.0. The van der Waals surface area contributed by atoms with Gasteiger partial charge in [0.15, 0.2) is 0 Å². The maximum absolute atomic E-state index is 14.4. The molecule has 5 aliphatic carbocycles. The molecule has 7 aromatic rings. The van der Waals surface area contributed by atoms with Gasteiger partial charge in [0.2, 0.25) is 0 Å². The number of alkyl halides is 1. The van der Waals surface area contributed by atoms with Crippen LogP contribution in [0.2, 0.25) is 0 Å². The third-order valence-electron chi connectivity index (χ3n) is 13.9. The third kappa shape index (κ3) is 4.68. The van der Waals surface area contributed by atoms with Crippen LogP contribution in [0.3, 0.4) is 0 Å². The molecule has 1 aliphatic heterocycles. The van der Waals surface area contributed by atoms with Crippen LogP contribution in [0, 0.1) is 10.4 Å². The summed E-state index contributed by atoms with van der Waals surface area (Å²) in [4.78, 5) is 0. The van der Waals surface area contributed by atoms with Crippen molar-refractivity contribution >= 4 is 70.1 Å². The molecule has 0 bridgehead atoms. The molecule has 0 fully saturated rings. The van der Waals surface area contributed by atoms with E-state index in [0.717, 1.165) is 27.7 Å². The second-order valence-electron chi connectivity index (χ2n) is 16.6. The lowest BCUT2D eigenvalue weighted by atomic mass is 9.67. The summed E-state index contributed by atoms with van der Waals surface area (Å²) in [5, 5.41) is 30.9. The maximum atomic E-state index is 14.4. The van der Waals surface area contributed by atoms with Crippen LogP contribution in [-0.4, -0.2) is 7.94 Å². The fourth-order valence-corrected chi connectivity index (χ4v) is 14.1. The Morgan fingerprint density at radius 1 is 0.475 bits per heavy atom. The Bertz CT molecular complexity index is 3180. The van der Waals surface area contributed by atoms with E-state index in [9.17, 15) is 10.4 Å². The van der Waals surface area contributed by atoms with Crippen molar-refractivity contribution < 1.29 is 0 Å². The number of allylic oxidation sites excluding steroid dienone is 7. The van der Waals surface area contributed by atoms with E-state index in [1.807, 2.05) is 12.1 Å². The third-order valence-corrected chi connectivity index (χ3v) is 16.5. The van der Waals surface area contributed by atoms with Crippen LogP contribution in [0.15, 0.2) is 202 Å². The summed E-state index contributed by atoms with van der Waals surface area (Å²) in [6.07, 6.45) is 7.98. The molecule has 0 aromatic heterocycles. The SMILES string of the molecule is [O-]N(c1ccc(N([O-])c2ccc3c(c2)C2(c4ccccc4-c4ccccc42)c2ccccc2-3)cc1)c1ccc2c(c1)C1(C3=C(C=CI=C3)C3=C1CC(I)C=C3)c1ccccc1-2. The molecule has 2 unspecified atom stereocenters. The number of fused-ring (bicyclic) bond motifs is 18. The number of hydrogen-bond acceptors (Lipinski definition) is 4. The van der Waals surface area contributed by atoms with Gasteiger partial charge in [-0.2, -0.15) is 0 Å². The number of halogens is 2. The maximum Gasteiger partial charge on any atom is 0.0726 e. The molecule has 61 heavy (non-hydrogen) atoms.